The molecule has 0 radical (unpaired) electrons. The summed E-state index contributed by atoms with van der Waals surface area (Å²) in [4.78, 5) is 25.5. The van der Waals surface area contributed by atoms with Gasteiger partial charge in [-0.05, 0) is 44.2 Å². The molecule has 1 saturated heterocycles. The fourth-order valence-corrected chi connectivity index (χ4v) is 3.15. The molecular weight excluding hydrogens is 332 g/mol. The Hall–Kier alpha value is -2.93. The number of para-hydroxylation sites is 1. The fraction of sp³-hybridized carbons (Fsp3) is 0.316. The summed E-state index contributed by atoms with van der Waals surface area (Å²) in [5, 5.41) is 17.7. The van der Waals surface area contributed by atoms with Crippen molar-refractivity contribution in [1.29, 1.82) is 0 Å². The molecule has 1 amide bonds. The normalized spacial score (nSPS) is 14.9. The summed E-state index contributed by atoms with van der Waals surface area (Å²) in [6, 6.07) is 14.2. The molecule has 0 atom stereocenters. The van der Waals surface area contributed by atoms with Crippen LogP contribution in [0.4, 0.5) is 17.1 Å². The molecule has 3 rings (SSSR count). The van der Waals surface area contributed by atoms with Crippen LogP contribution in [0.2, 0.25) is 0 Å². The van der Waals surface area contributed by atoms with Crippen molar-refractivity contribution in [1.82, 2.24) is 10.2 Å². The average molecular weight is 354 g/mol. The second-order valence-electron chi connectivity index (χ2n) is 6.34. The molecule has 136 valence electrons. The summed E-state index contributed by atoms with van der Waals surface area (Å²) in [6.45, 7) is 1.31. The van der Waals surface area contributed by atoms with Gasteiger partial charge in [0.1, 0.15) is 5.69 Å². The Morgan fingerprint density at radius 3 is 2.46 bits per heavy atom. The third-order valence-electron chi connectivity index (χ3n) is 4.68. The number of anilines is 2. The molecule has 0 saturated carbocycles. The molecule has 1 heterocycles. The molecule has 2 N–H and O–H groups in total. The average Bonchev–Trinajstić information content (AvgIpc) is 2.68. The zero-order valence-electron chi connectivity index (χ0n) is 14.6. The summed E-state index contributed by atoms with van der Waals surface area (Å²) < 4.78 is 0. The van der Waals surface area contributed by atoms with E-state index in [4.69, 9.17) is 0 Å². The smallest absolute Gasteiger partial charge is 0.293 e. The number of amides is 1. The molecule has 0 bridgehead atoms. The van der Waals surface area contributed by atoms with Gasteiger partial charge in [0.2, 0.25) is 0 Å². The van der Waals surface area contributed by atoms with E-state index in [1.807, 2.05) is 37.4 Å². The first kappa shape index (κ1) is 17.9. The maximum absolute atomic E-state index is 12.7. The Morgan fingerprint density at radius 2 is 1.85 bits per heavy atom. The minimum Gasteiger partial charge on any atom is -0.350 e. The summed E-state index contributed by atoms with van der Waals surface area (Å²) >= 11 is 0. The zero-order chi connectivity index (χ0) is 18.5. The van der Waals surface area contributed by atoms with Crippen LogP contribution >= 0.6 is 0 Å². The third-order valence-corrected chi connectivity index (χ3v) is 4.68. The molecule has 0 unspecified atom stereocenters. The maximum atomic E-state index is 12.7. The molecule has 0 spiro atoms. The number of benzene rings is 2. The van der Waals surface area contributed by atoms with Crippen molar-refractivity contribution in [2.75, 3.05) is 25.5 Å². The van der Waals surface area contributed by atoms with Crippen molar-refractivity contribution < 1.29 is 9.72 Å². The highest BCUT2D eigenvalue weighted by atomic mass is 16.6. The lowest BCUT2D eigenvalue weighted by Crippen LogP contribution is -2.43. The van der Waals surface area contributed by atoms with Gasteiger partial charge in [0.05, 0.1) is 4.92 Å². The Kier molecular flexibility index (Phi) is 5.48. The quantitative estimate of drug-likeness (QED) is 0.636. The Labute approximate surface area is 152 Å². The molecular formula is C19H22N4O3. The van der Waals surface area contributed by atoms with E-state index in [1.165, 1.54) is 6.07 Å². The summed E-state index contributed by atoms with van der Waals surface area (Å²) in [6.07, 6.45) is 1.77. The van der Waals surface area contributed by atoms with Gasteiger partial charge in [0.15, 0.2) is 0 Å². The second-order valence-corrected chi connectivity index (χ2v) is 6.34. The van der Waals surface area contributed by atoms with Gasteiger partial charge in [-0.25, -0.2) is 0 Å². The molecule has 1 aliphatic heterocycles. The minimum atomic E-state index is -0.463. The van der Waals surface area contributed by atoms with Gasteiger partial charge < -0.3 is 15.5 Å². The van der Waals surface area contributed by atoms with E-state index in [1.54, 1.807) is 17.0 Å². The zero-order valence-corrected chi connectivity index (χ0v) is 14.6. The van der Waals surface area contributed by atoms with Crippen molar-refractivity contribution in [2.45, 2.75) is 18.9 Å². The van der Waals surface area contributed by atoms with Gasteiger partial charge in [-0.2, -0.15) is 0 Å². The van der Waals surface area contributed by atoms with Gasteiger partial charge in [0.25, 0.3) is 11.6 Å². The molecule has 1 fully saturated rings. The number of hydrogen-bond donors (Lipinski definition) is 2. The number of carbonyl (C=O) groups excluding carboxylic acids is 1. The number of nitro benzene ring substituents is 1. The number of nitrogens with zero attached hydrogens (tertiary/aromatic N) is 2. The van der Waals surface area contributed by atoms with Gasteiger partial charge in [-0.15, -0.1) is 0 Å². The number of carbonyl (C=O) groups is 1. The number of piperidine rings is 1. The number of nitrogens with one attached hydrogen (secondary N) is 2. The monoisotopic (exact) mass is 354 g/mol. The molecule has 1 aliphatic rings. The molecule has 7 heteroatoms. The van der Waals surface area contributed by atoms with Crippen molar-refractivity contribution in [3.05, 3.63) is 64.2 Å². The van der Waals surface area contributed by atoms with Crippen LogP contribution < -0.4 is 10.6 Å². The predicted octanol–water partition coefficient (Wildman–Crippen LogP) is 3.16. The number of likely N-dealkylation sites (tertiary alicyclic amines) is 1. The van der Waals surface area contributed by atoms with Crippen molar-refractivity contribution in [2.24, 2.45) is 0 Å². The van der Waals surface area contributed by atoms with Crippen LogP contribution in [0.5, 0.6) is 0 Å². The first-order chi connectivity index (χ1) is 12.6. The lowest BCUT2D eigenvalue weighted by Gasteiger charge is -2.31. The van der Waals surface area contributed by atoms with Crippen molar-refractivity contribution in [3.8, 4) is 0 Å². The van der Waals surface area contributed by atoms with E-state index in [-0.39, 0.29) is 11.6 Å². The lowest BCUT2D eigenvalue weighted by atomic mass is 10.0. The number of rotatable bonds is 5. The molecule has 2 aromatic carbocycles. The summed E-state index contributed by atoms with van der Waals surface area (Å²) in [7, 11) is 1.92. The van der Waals surface area contributed by atoms with Crippen LogP contribution in [-0.2, 0) is 0 Å². The third kappa shape index (κ3) is 4.00. The van der Waals surface area contributed by atoms with E-state index >= 15 is 0 Å². The van der Waals surface area contributed by atoms with Crippen LogP contribution in [0.15, 0.2) is 48.5 Å². The largest absolute Gasteiger partial charge is 0.350 e. The van der Waals surface area contributed by atoms with Gasteiger partial charge in [-0.3, -0.25) is 14.9 Å². The van der Waals surface area contributed by atoms with Crippen LogP contribution in [0.1, 0.15) is 23.2 Å². The highest BCUT2D eigenvalue weighted by Gasteiger charge is 2.25. The van der Waals surface area contributed by atoms with E-state index < -0.39 is 4.92 Å². The lowest BCUT2D eigenvalue weighted by molar-refractivity contribution is -0.383. The van der Waals surface area contributed by atoms with Gasteiger partial charge in [-0.1, -0.05) is 18.2 Å². The molecule has 7 nitrogen and oxygen atoms in total. The first-order valence-corrected chi connectivity index (χ1v) is 8.65. The van der Waals surface area contributed by atoms with E-state index in [0.29, 0.717) is 30.4 Å². The highest BCUT2D eigenvalue weighted by molar-refractivity contribution is 5.96. The van der Waals surface area contributed by atoms with Crippen LogP contribution in [0, 0.1) is 10.1 Å². The Bertz CT molecular complexity index is 787. The molecule has 26 heavy (non-hydrogen) atoms. The van der Waals surface area contributed by atoms with Gasteiger partial charge >= 0.3 is 0 Å². The van der Waals surface area contributed by atoms with Crippen molar-refractivity contribution >= 4 is 23.0 Å². The van der Waals surface area contributed by atoms with Crippen LogP contribution in [-0.4, -0.2) is 41.9 Å². The van der Waals surface area contributed by atoms with E-state index in [9.17, 15) is 14.9 Å². The standard InChI is InChI=1S/C19H22N4O3/c1-20-15-9-11-22(12-10-15)19(24)14-7-8-17(18(13-14)23(25)26)21-16-5-3-2-4-6-16/h2-8,13,15,20-21H,9-12H2,1H3. The fourth-order valence-electron chi connectivity index (χ4n) is 3.15. The Balaban J connectivity index is 1.80. The van der Waals surface area contributed by atoms with Crippen LogP contribution in [0.25, 0.3) is 0 Å². The Morgan fingerprint density at radius 1 is 1.15 bits per heavy atom. The van der Waals surface area contributed by atoms with E-state index in [2.05, 4.69) is 10.6 Å². The maximum Gasteiger partial charge on any atom is 0.293 e. The minimum absolute atomic E-state index is 0.107. The number of hydrogen-bond acceptors (Lipinski definition) is 5. The molecule has 0 aromatic heterocycles. The molecule has 2 aromatic rings. The number of nitro groups is 1. The summed E-state index contributed by atoms with van der Waals surface area (Å²) in [5.41, 5.74) is 1.36. The van der Waals surface area contributed by atoms with Gasteiger partial charge in [0, 0.05) is 36.4 Å². The second kappa shape index (κ2) is 7.97. The predicted molar refractivity (Wildman–Crippen MR) is 101 cm³/mol. The van der Waals surface area contributed by atoms with Crippen molar-refractivity contribution in [3.63, 3.8) is 0 Å². The van der Waals surface area contributed by atoms with Crippen LogP contribution in [0.3, 0.4) is 0 Å². The van der Waals surface area contributed by atoms with E-state index in [0.717, 1.165) is 18.5 Å². The SMILES string of the molecule is CNC1CCN(C(=O)c2ccc(Nc3ccccc3)c([N+](=O)[O-])c2)CC1. The topological polar surface area (TPSA) is 87.5 Å². The summed E-state index contributed by atoms with van der Waals surface area (Å²) in [5.74, 6) is -0.158. The highest BCUT2D eigenvalue weighted by Crippen LogP contribution is 2.29. The first-order valence-electron chi connectivity index (χ1n) is 8.65. The molecule has 0 aliphatic carbocycles.